The summed E-state index contributed by atoms with van der Waals surface area (Å²) in [6.07, 6.45) is 0. The first kappa shape index (κ1) is 25.5. The zero-order valence-corrected chi connectivity index (χ0v) is 20.8. The van der Waals surface area contributed by atoms with Gasteiger partial charge in [-0.3, -0.25) is 4.79 Å². The highest BCUT2D eigenvalue weighted by Crippen LogP contribution is 2.27. The summed E-state index contributed by atoms with van der Waals surface area (Å²) in [6.45, 7) is 10.6. The Kier molecular flexibility index (Phi) is 8.96. The van der Waals surface area contributed by atoms with Crippen molar-refractivity contribution in [3.8, 4) is 0 Å². The molecule has 0 fully saturated rings. The van der Waals surface area contributed by atoms with Crippen molar-refractivity contribution in [3.63, 3.8) is 0 Å². The van der Waals surface area contributed by atoms with Gasteiger partial charge in [0.25, 0.3) is 5.91 Å². The number of nitrogens with zero attached hydrogens (tertiary/aromatic N) is 2. The zero-order chi connectivity index (χ0) is 24.0. The van der Waals surface area contributed by atoms with E-state index in [0.29, 0.717) is 28.7 Å². The molecule has 2 N–H and O–H groups in total. The highest BCUT2D eigenvalue weighted by molar-refractivity contribution is 6.34. The van der Waals surface area contributed by atoms with Crippen molar-refractivity contribution in [1.29, 1.82) is 0 Å². The predicted molar refractivity (Wildman–Crippen MR) is 134 cm³/mol. The smallest absolute Gasteiger partial charge is 0.318 e. The Morgan fingerprint density at radius 2 is 1.66 bits per heavy atom. The number of hydrogen-bond acceptors (Lipinski definition) is 3. The fourth-order valence-electron chi connectivity index (χ4n) is 3.34. The largest absolute Gasteiger partial charge is 0.377 e. The summed E-state index contributed by atoms with van der Waals surface area (Å²) in [7, 11) is 3.93. The fraction of sp³-hybridized carbons (Fsp3) is 0.440. The van der Waals surface area contributed by atoms with Gasteiger partial charge < -0.3 is 20.4 Å². The highest BCUT2D eigenvalue weighted by Gasteiger charge is 2.25. The first-order chi connectivity index (χ1) is 15.0. The number of carbonyl (C=O) groups is 2. The molecule has 0 bridgehead atoms. The van der Waals surface area contributed by atoms with Gasteiger partial charge in [-0.25, -0.2) is 4.79 Å². The van der Waals surface area contributed by atoms with Crippen LogP contribution >= 0.6 is 11.6 Å². The predicted octanol–water partition coefficient (Wildman–Crippen LogP) is 5.62. The van der Waals surface area contributed by atoms with Crippen molar-refractivity contribution in [2.24, 2.45) is 5.92 Å². The molecule has 3 amide bonds. The van der Waals surface area contributed by atoms with E-state index in [2.05, 4.69) is 31.4 Å². The molecule has 0 aliphatic rings. The summed E-state index contributed by atoms with van der Waals surface area (Å²) >= 11 is 6.17. The van der Waals surface area contributed by atoms with Crippen LogP contribution in [0.15, 0.2) is 42.5 Å². The van der Waals surface area contributed by atoms with E-state index < -0.39 is 0 Å². The number of halogens is 1. The summed E-state index contributed by atoms with van der Waals surface area (Å²) in [5, 5.41) is 6.34. The maximum Gasteiger partial charge on any atom is 0.318 e. The number of anilines is 2. The lowest BCUT2D eigenvalue weighted by molar-refractivity contribution is 0.102. The number of hydrogen-bond donors (Lipinski definition) is 2. The normalized spacial score (nSPS) is 11.9. The molecule has 7 heteroatoms. The van der Waals surface area contributed by atoms with E-state index in [1.165, 1.54) is 0 Å². The van der Waals surface area contributed by atoms with E-state index in [1.54, 1.807) is 24.3 Å². The zero-order valence-electron chi connectivity index (χ0n) is 20.1. The average molecular weight is 459 g/mol. The third-order valence-electron chi connectivity index (χ3n) is 5.41. The summed E-state index contributed by atoms with van der Waals surface area (Å²) in [5.74, 6) is 0.0166. The second kappa shape index (κ2) is 11.2. The van der Waals surface area contributed by atoms with Crippen LogP contribution in [0, 0.1) is 5.92 Å². The summed E-state index contributed by atoms with van der Waals surface area (Å²) in [5.41, 5.74) is 2.99. The minimum Gasteiger partial charge on any atom is -0.377 e. The molecule has 6 nitrogen and oxygen atoms in total. The van der Waals surface area contributed by atoms with E-state index in [0.717, 1.165) is 11.3 Å². The Hall–Kier alpha value is -2.73. The van der Waals surface area contributed by atoms with E-state index in [9.17, 15) is 9.59 Å². The van der Waals surface area contributed by atoms with Crippen LogP contribution in [0.5, 0.6) is 0 Å². The van der Waals surface area contributed by atoms with Crippen molar-refractivity contribution in [2.45, 2.75) is 53.2 Å². The third-order valence-corrected chi connectivity index (χ3v) is 5.74. The number of urea groups is 1. The van der Waals surface area contributed by atoms with Crippen LogP contribution in [0.4, 0.5) is 16.2 Å². The van der Waals surface area contributed by atoms with Crippen molar-refractivity contribution in [3.05, 3.63) is 58.6 Å². The average Bonchev–Trinajstić information content (AvgIpc) is 2.71. The Balaban J connectivity index is 2.38. The standard InChI is InChI=1S/C25H35ClN4O2/c1-16(2)18(5)30(25(32)27-17(3)4)15-19-14-20(12-13-23(19)29(6)7)28-24(31)21-10-8-9-11-22(21)26/h8-14,16-18H,15H2,1-7H3,(H,27,32)(H,28,31)/t18-/m1/s1. The lowest BCUT2D eigenvalue weighted by atomic mass is 10.0. The van der Waals surface area contributed by atoms with Gasteiger partial charge in [0.2, 0.25) is 0 Å². The lowest BCUT2D eigenvalue weighted by Gasteiger charge is -2.34. The molecule has 0 aromatic heterocycles. The molecule has 0 heterocycles. The Labute approximate surface area is 196 Å². The first-order valence-electron chi connectivity index (χ1n) is 10.9. The number of nitrogens with one attached hydrogen (secondary N) is 2. The minimum absolute atomic E-state index is 0.0325. The summed E-state index contributed by atoms with van der Waals surface area (Å²) in [4.78, 5) is 29.6. The molecule has 0 radical (unpaired) electrons. The van der Waals surface area contributed by atoms with Crippen molar-refractivity contribution >= 4 is 34.9 Å². The van der Waals surface area contributed by atoms with Crippen LogP contribution in [-0.4, -0.2) is 43.0 Å². The quantitative estimate of drug-likeness (QED) is 0.539. The molecule has 0 unspecified atom stereocenters. The molecule has 0 saturated heterocycles. The van der Waals surface area contributed by atoms with Crippen molar-refractivity contribution < 1.29 is 9.59 Å². The molecule has 0 spiro atoms. The molecule has 0 aliphatic carbocycles. The molecule has 0 saturated carbocycles. The molecule has 2 rings (SSSR count). The van der Waals surface area contributed by atoms with Crippen molar-refractivity contribution in [2.75, 3.05) is 24.3 Å². The molecule has 2 aromatic rings. The molecule has 174 valence electrons. The lowest BCUT2D eigenvalue weighted by Crippen LogP contribution is -2.48. The van der Waals surface area contributed by atoms with Gasteiger partial charge in [-0.05, 0) is 62.6 Å². The second-order valence-electron chi connectivity index (χ2n) is 8.89. The van der Waals surface area contributed by atoms with Gasteiger partial charge >= 0.3 is 6.03 Å². The van der Waals surface area contributed by atoms with Gasteiger partial charge in [-0.1, -0.05) is 37.6 Å². The van der Waals surface area contributed by atoms with E-state index in [1.807, 2.05) is 55.9 Å². The SMILES string of the molecule is CC(C)NC(=O)N(Cc1cc(NC(=O)c2ccccc2Cl)ccc1N(C)C)[C@H](C)C(C)C. The number of rotatable bonds is 8. The summed E-state index contributed by atoms with van der Waals surface area (Å²) < 4.78 is 0. The fourth-order valence-corrected chi connectivity index (χ4v) is 3.57. The first-order valence-corrected chi connectivity index (χ1v) is 11.3. The van der Waals surface area contributed by atoms with Gasteiger partial charge in [0, 0.05) is 44.1 Å². The Morgan fingerprint density at radius 1 is 1.00 bits per heavy atom. The molecule has 2 aromatic carbocycles. The maximum atomic E-state index is 13.0. The van der Waals surface area contributed by atoms with E-state index in [-0.39, 0.29) is 24.0 Å². The Bertz CT molecular complexity index is 943. The van der Waals surface area contributed by atoms with Crippen LogP contribution in [0.2, 0.25) is 5.02 Å². The van der Waals surface area contributed by atoms with E-state index in [4.69, 9.17) is 11.6 Å². The van der Waals surface area contributed by atoms with Crippen molar-refractivity contribution in [1.82, 2.24) is 10.2 Å². The molecular formula is C25H35ClN4O2. The molecular weight excluding hydrogens is 424 g/mol. The monoisotopic (exact) mass is 458 g/mol. The highest BCUT2D eigenvalue weighted by atomic mass is 35.5. The minimum atomic E-state index is -0.274. The Morgan fingerprint density at radius 3 is 2.22 bits per heavy atom. The third kappa shape index (κ3) is 6.63. The van der Waals surface area contributed by atoms with Gasteiger partial charge in [0.05, 0.1) is 10.6 Å². The maximum absolute atomic E-state index is 13.0. The van der Waals surface area contributed by atoms with Crippen LogP contribution in [0.1, 0.15) is 50.5 Å². The number of carbonyl (C=O) groups excluding carboxylic acids is 2. The second-order valence-corrected chi connectivity index (χ2v) is 9.30. The van der Waals surface area contributed by atoms with Crippen LogP contribution < -0.4 is 15.5 Å². The van der Waals surface area contributed by atoms with E-state index >= 15 is 0 Å². The van der Waals surface area contributed by atoms with Gasteiger partial charge in [0.1, 0.15) is 0 Å². The number of benzene rings is 2. The molecule has 1 atom stereocenters. The van der Waals surface area contributed by atoms with Gasteiger partial charge in [-0.15, -0.1) is 0 Å². The molecule has 32 heavy (non-hydrogen) atoms. The van der Waals surface area contributed by atoms with Gasteiger partial charge in [0.15, 0.2) is 0 Å². The number of amides is 3. The van der Waals surface area contributed by atoms with Crippen LogP contribution in [-0.2, 0) is 6.54 Å². The molecule has 0 aliphatic heterocycles. The van der Waals surface area contributed by atoms with Gasteiger partial charge in [-0.2, -0.15) is 0 Å². The topological polar surface area (TPSA) is 64.7 Å². The van der Waals surface area contributed by atoms with Crippen LogP contribution in [0.25, 0.3) is 0 Å². The van der Waals surface area contributed by atoms with Crippen LogP contribution in [0.3, 0.4) is 0 Å². The summed E-state index contributed by atoms with van der Waals surface area (Å²) in [6, 6.07) is 12.7.